The van der Waals surface area contributed by atoms with E-state index in [1.165, 1.54) is 38.5 Å². The summed E-state index contributed by atoms with van der Waals surface area (Å²) in [6.07, 6.45) is 13.0. The van der Waals surface area contributed by atoms with Crippen molar-refractivity contribution in [2.24, 2.45) is 23.7 Å². The van der Waals surface area contributed by atoms with E-state index in [4.69, 9.17) is 9.47 Å². The number of ether oxygens (including phenoxy) is 2. The molecular weight excluding hydrogens is 236 g/mol. The summed E-state index contributed by atoms with van der Waals surface area (Å²) in [5.74, 6) is 3.19. The summed E-state index contributed by atoms with van der Waals surface area (Å²) < 4.78 is 12.0. The van der Waals surface area contributed by atoms with Gasteiger partial charge >= 0.3 is 0 Å². The fourth-order valence-corrected chi connectivity index (χ4v) is 4.16. The standard InChI is InChI=1S/C17H28O2/c1-12-4-3-5-17(8-12)19-13(2)18-11-16-10-14-6-7-15(16)9-14/h6-7,12-17H,3-5,8-11H2,1-2H3. The first-order chi connectivity index (χ1) is 9.20. The fourth-order valence-electron chi connectivity index (χ4n) is 4.16. The van der Waals surface area contributed by atoms with Gasteiger partial charge in [0.1, 0.15) is 0 Å². The third kappa shape index (κ3) is 3.41. The van der Waals surface area contributed by atoms with Gasteiger partial charge in [-0.2, -0.15) is 0 Å². The van der Waals surface area contributed by atoms with Crippen molar-refractivity contribution >= 4 is 0 Å². The van der Waals surface area contributed by atoms with Gasteiger partial charge in [0.2, 0.25) is 0 Å². The van der Waals surface area contributed by atoms with Crippen LogP contribution in [0.5, 0.6) is 0 Å². The molecule has 0 aromatic rings. The summed E-state index contributed by atoms with van der Waals surface area (Å²) in [5.41, 5.74) is 0. The van der Waals surface area contributed by atoms with Crippen molar-refractivity contribution < 1.29 is 9.47 Å². The molecule has 3 aliphatic rings. The highest BCUT2D eigenvalue weighted by molar-refractivity contribution is 5.09. The van der Waals surface area contributed by atoms with Crippen LogP contribution in [0.15, 0.2) is 12.2 Å². The van der Waals surface area contributed by atoms with E-state index in [1.54, 1.807) is 0 Å². The van der Waals surface area contributed by atoms with E-state index in [2.05, 4.69) is 26.0 Å². The lowest BCUT2D eigenvalue weighted by molar-refractivity contribution is -0.175. The van der Waals surface area contributed by atoms with Gasteiger partial charge in [0, 0.05) is 0 Å². The Bertz CT molecular complexity index is 325. The zero-order valence-electron chi connectivity index (χ0n) is 12.4. The number of hydrogen-bond donors (Lipinski definition) is 0. The third-order valence-corrected chi connectivity index (χ3v) is 5.23. The molecule has 108 valence electrons. The lowest BCUT2D eigenvalue weighted by Gasteiger charge is -2.30. The molecule has 3 aliphatic carbocycles. The Morgan fingerprint density at radius 3 is 2.74 bits per heavy atom. The molecule has 0 aliphatic heterocycles. The zero-order chi connectivity index (χ0) is 13.2. The predicted molar refractivity (Wildman–Crippen MR) is 76.8 cm³/mol. The van der Waals surface area contributed by atoms with Gasteiger partial charge in [-0.25, -0.2) is 0 Å². The summed E-state index contributed by atoms with van der Waals surface area (Å²) in [7, 11) is 0. The molecule has 0 N–H and O–H groups in total. The number of fused-ring (bicyclic) bond motifs is 2. The SMILES string of the molecule is CC1CCCC(OC(C)OCC2CC3C=CC2C3)C1. The quantitative estimate of drug-likeness (QED) is 0.548. The third-order valence-electron chi connectivity index (χ3n) is 5.23. The van der Waals surface area contributed by atoms with Crippen LogP contribution in [0.2, 0.25) is 0 Å². The number of rotatable bonds is 5. The Balaban J connectivity index is 1.37. The maximum atomic E-state index is 6.06. The van der Waals surface area contributed by atoms with E-state index in [-0.39, 0.29) is 6.29 Å². The van der Waals surface area contributed by atoms with Crippen molar-refractivity contribution in [3.8, 4) is 0 Å². The van der Waals surface area contributed by atoms with Crippen molar-refractivity contribution in [1.29, 1.82) is 0 Å². The number of allylic oxidation sites excluding steroid dienone is 2. The minimum absolute atomic E-state index is 0.0293. The molecule has 6 unspecified atom stereocenters. The van der Waals surface area contributed by atoms with E-state index < -0.39 is 0 Å². The normalized spacial score (nSPS) is 42.7. The topological polar surface area (TPSA) is 18.5 Å². The Labute approximate surface area is 117 Å². The second-order valence-electron chi connectivity index (χ2n) is 6.97. The van der Waals surface area contributed by atoms with Crippen molar-refractivity contribution in [3.05, 3.63) is 12.2 Å². The minimum atomic E-state index is -0.0293. The zero-order valence-corrected chi connectivity index (χ0v) is 12.4. The van der Waals surface area contributed by atoms with Gasteiger partial charge in [-0.15, -0.1) is 0 Å². The van der Waals surface area contributed by atoms with Gasteiger partial charge in [-0.05, 0) is 56.3 Å². The van der Waals surface area contributed by atoms with Crippen LogP contribution in [0.1, 0.15) is 52.4 Å². The molecule has 0 aromatic carbocycles. The molecule has 2 heteroatoms. The second-order valence-corrected chi connectivity index (χ2v) is 6.97. The fraction of sp³-hybridized carbons (Fsp3) is 0.882. The van der Waals surface area contributed by atoms with Crippen molar-refractivity contribution in [3.63, 3.8) is 0 Å². The molecule has 0 aromatic heterocycles. The molecular formula is C17H28O2. The minimum Gasteiger partial charge on any atom is -0.353 e. The highest BCUT2D eigenvalue weighted by Crippen LogP contribution is 2.43. The highest BCUT2D eigenvalue weighted by Gasteiger charge is 2.35. The first kappa shape index (κ1) is 13.6. The molecule has 19 heavy (non-hydrogen) atoms. The Hall–Kier alpha value is -0.340. The predicted octanol–water partition coefficient (Wildman–Crippen LogP) is 4.16. The lowest BCUT2D eigenvalue weighted by Crippen LogP contribution is -2.28. The molecule has 0 radical (unpaired) electrons. The average Bonchev–Trinajstić information content (AvgIpc) is 2.98. The second kappa shape index (κ2) is 5.97. The molecule has 0 saturated heterocycles. The lowest BCUT2D eigenvalue weighted by atomic mass is 9.89. The van der Waals surface area contributed by atoms with Crippen LogP contribution >= 0.6 is 0 Å². The Morgan fingerprint density at radius 2 is 2.05 bits per heavy atom. The maximum Gasteiger partial charge on any atom is 0.155 e. The smallest absolute Gasteiger partial charge is 0.155 e. The van der Waals surface area contributed by atoms with E-state index >= 15 is 0 Å². The van der Waals surface area contributed by atoms with Crippen LogP contribution < -0.4 is 0 Å². The van der Waals surface area contributed by atoms with Gasteiger partial charge < -0.3 is 9.47 Å². The molecule has 2 nitrogen and oxygen atoms in total. The van der Waals surface area contributed by atoms with Crippen molar-refractivity contribution in [1.82, 2.24) is 0 Å². The number of hydrogen-bond acceptors (Lipinski definition) is 2. The van der Waals surface area contributed by atoms with Gasteiger partial charge in [0.25, 0.3) is 0 Å². The highest BCUT2D eigenvalue weighted by atomic mass is 16.7. The summed E-state index contributed by atoms with van der Waals surface area (Å²) in [5, 5.41) is 0. The molecule has 6 atom stereocenters. The van der Waals surface area contributed by atoms with Crippen LogP contribution in [0.3, 0.4) is 0 Å². The van der Waals surface area contributed by atoms with Crippen molar-refractivity contribution in [2.75, 3.05) is 6.61 Å². The van der Waals surface area contributed by atoms with Crippen LogP contribution in [0, 0.1) is 23.7 Å². The van der Waals surface area contributed by atoms with Crippen LogP contribution in [0.25, 0.3) is 0 Å². The largest absolute Gasteiger partial charge is 0.353 e. The Morgan fingerprint density at radius 1 is 1.16 bits per heavy atom. The van der Waals surface area contributed by atoms with E-state index in [0.717, 1.165) is 30.3 Å². The summed E-state index contributed by atoms with van der Waals surface area (Å²) in [6, 6.07) is 0. The summed E-state index contributed by atoms with van der Waals surface area (Å²) >= 11 is 0. The first-order valence-electron chi connectivity index (χ1n) is 8.16. The molecule has 2 bridgehead atoms. The van der Waals surface area contributed by atoms with E-state index in [9.17, 15) is 0 Å². The summed E-state index contributed by atoms with van der Waals surface area (Å²) in [4.78, 5) is 0. The molecule has 2 saturated carbocycles. The van der Waals surface area contributed by atoms with Gasteiger partial charge in [0.05, 0.1) is 12.7 Å². The molecule has 0 heterocycles. The van der Waals surface area contributed by atoms with Gasteiger partial charge in [0.15, 0.2) is 6.29 Å². The molecule has 0 spiro atoms. The molecule has 3 rings (SSSR count). The van der Waals surface area contributed by atoms with Crippen LogP contribution in [-0.4, -0.2) is 19.0 Å². The maximum absolute atomic E-state index is 6.06. The molecule has 0 amide bonds. The Kier molecular flexibility index (Phi) is 4.28. The first-order valence-corrected chi connectivity index (χ1v) is 8.16. The van der Waals surface area contributed by atoms with Gasteiger partial charge in [-0.1, -0.05) is 31.9 Å². The van der Waals surface area contributed by atoms with Gasteiger partial charge in [-0.3, -0.25) is 0 Å². The molecule has 2 fully saturated rings. The van der Waals surface area contributed by atoms with E-state index in [1.807, 2.05) is 0 Å². The summed E-state index contributed by atoms with van der Waals surface area (Å²) in [6.45, 7) is 5.29. The van der Waals surface area contributed by atoms with Crippen LogP contribution in [0.4, 0.5) is 0 Å². The average molecular weight is 264 g/mol. The van der Waals surface area contributed by atoms with E-state index in [0.29, 0.717) is 6.10 Å². The van der Waals surface area contributed by atoms with Crippen LogP contribution in [-0.2, 0) is 9.47 Å². The monoisotopic (exact) mass is 264 g/mol. The van der Waals surface area contributed by atoms with Crippen molar-refractivity contribution in [2.45, 2.75) is 64.8 Å².